The van der Waals surface area contributed by atoms with Gasteiger partial charge in [-0.15, -0.1) is 11.3 Å². The van der Waals surface area contributed by atoms with Crippen molar-refractivity contribution in [1.82, 2.24) is 18.7 Å². The Balaban J connectivity index is 1.16. The number of ether oxygens (including phenoxy) is 1. The summed E-state index contributed by atoms with van der Waals surface area (Å²) in [4.78, 5) is 15.4. The molecule has 5 heterocycles. The fourth-order valence-electron chi connectivity index (χ4n) is 9.27. The summed E-state index contributed by atoms with van der Waals surface area (Å²) in [6, 6.07) is 62.1. The van der Waals surface area contributed by atoms with Gasteiger partial charge in [-0.1, -0.05) is 66.7 Å². The normalized spacial score (nSPS) is 14.3. The van der Waals surface area contributed by atoms with Crippen LogP contribution in [0.3, 0.4) is 0 Å². The fourth-order valence-corrected chi connectivity index (χ4v) is 17.5. The summed E-state index contributed by atoms with van der Waals surface area (Å²) >= 11 is 6.35. The predicted molar refractivity (Wildman–Crippen MR) is 298 cm³/mol. The molecular weight excluding hydrogens is 1120 g/mol. The summed E-state index contributed by atoms with van der Waals surface area (Å²) < 4.78 is 20.0. The first-order valence-electron chi connectivity index (χ1n) is 23.1. The van der Waals surface area contributed by atoms with Crippen molar-refractivity contribution in [1.29, 1.82) is 0 Å². The van der Waals surface area contributed by atoms with Crippen molar-refractivity contribution < 1.29 is 22.7 Å². The summed E-state index contributed by atoms with van der Waals surface area (Å²) in [5, 5.41) is 4.79. The van der Waals surface area contributed by atoms with Crippen molar-refractivity contribution in [2.45, 2.75) is 13.8 Å². The molecule has 0 unspecified atom stereocenters. The Labute approximate surface area is 436 Å². The van der Waals surface area contributed by atoms with Crippen molar-refractivity contribution in [3.8, 4) is 59.6 Å². The van der Waals surface area contributed by atoms with Gasteiger partial charge in [-0.25, -0.2) is 0 Å². The molecular formula is C61H43N4OOsPS3+. The number of allylic oxidation sites excluding steroid dienone is 5. The van der Waals surface area contributed by atoms with Crippen molar-refractivity contribution in [3.05, 3.63) is 226 Å². The summed E-state index contributed by atoms with van der Waals surface area (Å²) in [5.41, 5.74) is 11.8. The predicted octanol–water partition coefficient (Wildman–Crippen LogP) is 14.5. The number of rotatable bonds is 10. The van der Waals surface area contributed by atoms with Crippen LogP contribution in [0.25, 0.3) is 71.5 Å². The Morgan fingerprint density at radius 2 is 1.07 bits per heavy atom. The second kappa shape index (κ2) is 20.9. The zero-order valence-corrected chi connectivity index (χ0v) is 44.6. The van der Waals surface area contributed by atoms with Gasteiger partial charge in [0.2, 0.25) is 0 Å². The maximum absolute atomic E-state index is 6.07. The van der Waals surface area contributed by atoms with Gasteiger partial charge in [0.05, 0.1) is 5.69 Å². The Morgan fingerprint density at radius 3 is 1.58 bits per heavy atom. The summed E-state index contributed by atoms with van der Waals surface area (Å²) in [6.07, 6.45) is 8.62. The third-order valence-corrected chi connectivity index (χ3v) is 20.5. The van der Waals surface area contributed by atoms with Gasteiger partial charge in [0.1, 0.15) is 0 Å². The minimum atomic E-state index is -2.57. The van der Waals surface area contributed by atoms with Crippen LogP contribution in [0.2, 0.25) is 0 Å². The molecule has 1 aliphatic heterocycles. The molecule has 0 radical (unpaired) electrons. The van der Waals surface area contributed by atoms with Crippen molar-refractivity contribution in [2.75, 3.05) is 13.2 Å². The first-order valence-corrected chi connectivity index (χ1v) is 28.6. The second-order valence-corrected chi connectivity index (χ2v) is 23.4. The van der Waals surface area contributed by atoms with E-state index in [1.54, 1.807) is 40.6 Å². The van der Waals surface area contributed by atoms with Crippen LogP contribution < -0.4 is 15.9 Å². The molecule has 0 saturated carbocycles. The third kappa shape index (κ3) is 8.89. The topological polar surface area (TPSA) is 60.8 Å². The van der Waals surface area contributed by atoms with E-state index in [-0.39, 0.29) is 0 Å². The molecule has 1 fully saturated rings. The van der Waals surface area contributed by atoms with Crippen LogP contribution in [0.5, 0.6) is 0 Å². The molecule has 11 rings (SSSR count). The molecule has 0 atom stereocenters. The molecule has 5 nitrogen and oxygen atoms in total. The van der Waals surface area contributed by atoms with Gasteiger partial charge in [-0.2, -0.15) is 0 Å². The van der Waals surface area contributed by atoms with E-state index >= 15 is 0 Å². The second-order valence-electron chi connectivity index (χ2n) is 16.7. The van der Waals surface area contributed by atoms with E-state index in [1.165, 1.54) is 33.2 Å². The molecule has 0 spiro atoms. The Morgan fingerprint density at radius 1 is 0.577 bits per heavy atom. The molecule has 71 heavy (non-hydrogen) atoms. The van der Waals surface area contributed by atoms with E-state index in [0.29, 0.717) is 13.2 Å². The summed E-state index contributed by atoms with van der Waals surface area (Å²) in [6.45, 7) is 5.21. The summed E-state index contributed by atoms with van der Waals surface area (Å²) in [5.74, 6) is 7.50. The van der Waals surface area contributed by atoms with Crippen LogP contribution >= 0.6 is 41.7 Å². The third-order valence-electron chi connectivity index (χ3n) is 12.5. The van der Waals surface area contributed by atoms with Crippen molar-refractivity contribution >= 4 is 85.7 Å². The molecule has 1 saturated heterocycles. The quantitative estimate of drug-likeness (QED) is 0.101. The van der Waals surface area contributed by atoms with Gasteiger partial charge >= 0.3 is 310 Å². The molecule has 4 aromatic heterocycles. The monoisotopic (exact) mass is 1170 g/mol. The molecule has 1 aliphatic rings. The van der Waals surface area contributed by atoms with Crippen molar-refractivity contribution in [2.24, 2.45) is 0 Å². The number of aromatic nitrogens is 4. The minimum absolute atomic E-state index is 0.515. The van der Waals surface area contributed by atoms with E-state index in [4.69, 9.17) is 23.5 Å². The molecule has 10 heteroatoms. The number of nitrogens with zero attached hydrogens (tertiary/aromatic N) is 4. The fraction of sp³-hybridized carbons (Fsp3) is 0.0656. The van der Waals surface area contributed by atoms with Gasteiger partial charge < -0.3 is 0 Å². The first kappa shape index (κ1) is 46.6. The molecule has 343 valence electrons. The number of benzene rings is 6. The van der Waals surface area contributed by atoms with E-state index in [2.05, 4.69) is 211 Å². The van der Waals surface area contributed by atoms with Gasteiger partial charge in [0.25, 0.3) is 0 Å². The van der Waals surface area contributed by atoms with Crippen molar-refractivity contribution in [3.63, 3.8) is 0 Å². The van der Waals surface area contributed by atoms with E-state index in [1.807, 2.05) is 19.1 Å². The number of hydrogen-bond acceptors (Lipinski definition) is 8. The van der Waals surface area contributed by atoms with Crippen LogP contribution in [0.4, 0.5) is 0 Å². The van der Waals surface area contributed by atoms with E-state index < -0.39 is 7.26 Å². The zero-order valence-electron chi connectivity index (χ0n) is 38.7. The standard InChI is InChI=1S/C61H43N4OPS3.Os/c1-4-21-50-34-36-52(68-50)54-58-59(63-57(44-24-13-7-14-25-44)56(62-58)43-22-11-6-12-23-43)55(61-60(54)64-70-65-61)53-37-35-51(69-53)33-32-45(38-46-40-66-39-42(46)5-2)41(3)67(47-26-15-8-16-27-47,48-28-17-9-18-29-48)49-30-19-10-20-31-49;/h4-31,34-38H,39-40H2,1-2H3;/q+1;/b21-4+,42-5?,45-41?,46-38?;. The molecule has 0 amide bonds. The Hall–Kier alpha value is -6.79. The van der Waals surface area contributed by atoms with Gasteiger partial charge in [-0.05, 0) is 25.1 Å². The summed E-state index contributed by atoms with van der Waals surface area (Å²) in [7, 11) is -2.57. The molecule has 0 bridgehead atoms. The van der Waals surface area contributed by atoms with Crippen LogP contribution in [0, 0.1) is 16.2 Å². The number of fused-ring (bicyclic) bond motifs is 2. The molecule has 10 aromatic rings. The van der Waals surface area contributed by atoms with Crippen LogP contribution in [0.1, 0.15) is 23.6 Å². The van der Waals surface area contributed by atoms with Crippen LogP contribution in [-0.2, 0) is 22.7 Å². The Bertz CT molecular complexity index is 3730. The van der Waals surface area contributed by atoms with Gasteiger partial charge in [0, 0.05) is 20.9 Å². The SMILES string of the molecule is CC=C1COCC1=CC(C#Cc1ccc(-c2c3nsnc3c(-c3ccc(/C=C/C)s3)c3nc(-c4ccccc4)c(-c4ccccc4)nc23)s1)=C([C]#[Os])[P+](c1ccccc1)(c1ccccc1)c1ccccc1. The first-order chi connectivity index (χ1) is 35.1. The van der Waals surface area contributed by atoms with Crippen LogP contribution in [0.15, 0.2) is 216 Å². The van der Waals surface area contributed by atoms with Gasteiger partial charge in [0.15, 0.2) is 0 Å². The van der Waals surface area contributed by atoms with E-state index in [0.717, 1.165) is 91.7 Å². The maximum atomic E-state index is 6.07. The molecule has 6 aromatic carbocycles. The molecule has 0 N–H and O–H groups in total. The molecule has 0 aliphatic carbocycles. The average Bonchev–Trinajstić information content (AvgIpc) is 4.29. The Kier molecular flexibility index (Phi) is 13.7. The number of thiophene rings is 2. The zero-order chi connectivity index (χ0) is 48.2. The number of hydrogen-bond donors (Lipinski definition) is 0. The van der Waals surface area contributed by atoms with Gasteiger partial charge in [-0.3, -0.25) is 0 Å². The van der Waals surface area contributed by atoms with Crippen LogP contribution in [-0.4, -0.2) is 31.9 Å². The average molecular weight is 1170 g/mol. The van der Waals surface area contributed by atoms with E-state index in [9.17, 15) is 0 Å².